The van der Waals surface area contributed by atoms with Gasteiger partial charge < -0.3 is 14.6 Å². The van der Waals surface area contributed by atoms with Gasteiger partial charge in [0.1, 0.15) is 11.7 Å². The van der Waals surface area contributed by atoms with E-state index in [-0.39, 0.29) is 5.91 Å². The van der Waals surface area contributed by atoms with Crippen LogP contribution in [0, 0.1) is 12.3 Å². The zero-order valence-electron chi connectivity index (χ0n) is 13.3. The minimum Gasteiger partial charge on any atom is -0.368 e. The first-order valence-corrected chi connectivity index (χ1v) is 8.22. The Morgan fingerprint density at radius 2 is 1.64 bits per heavy atom. The number of aryl methyl sites for hydroxylation is 1. The van der Waals surface area contributed by atoms with Crippen molar-refractivity contribution in [2.24, 2.45) is 5.41 Å². The lowest BCUT2D eigenvalue weighted by molar-refractivity contribution is -0.145. The van der Waals surface area contributed by atoms with Gasteiger partial charge in [0.05, 0.1) is 0 Å². The fourth-order valence-electron chi connectivity index (χ4n) is 3.63. The molecule has 1 saturated heterocycles. The summed E-state index contributed by atoms with van der Waals surface area (Å²) < 4.78 is 0. The van der Waals surface area contributed by atoms with E-state index in [9.17, 15) is 9.59 Å². The minimum absolute atomic E-state index is 0.0588. The van der Waals surface area contributed by atoms with E-state index < -0.39 is 5.41 Å². The molecule has 0 atom stereocenters. The van der Waals surface area contributed by atoms with Crippen LogP contribution < -0.4 is 4.90 Å². The first-order chi connectivity index (χ1) is 10.6. The van der Waals surface area contributed by atoms with Crippen LogP contribution in [-0.4, -0.2) is 43.3 Å². The van der Waals surface area contributed by atoms with Crippen molar-refractivity contribution in [3.63, 3.8) is 0 Å². The molecule has 0 unspecified atom stereocenters. The molecule has 2 aliphatic rings. The van der Waals surface area contributed by atoms with Gasteiger partial charge >= 0.3 is 0 Å². The van der Waals surface area contributed by atoms with E-state index in [0.29, 0.717) is 13.1 Å². The SMILES string of the molecule is Cc1ccc(N2CCN(C(=O)C3(C=O)CCCC3)CC2)cc1. The zero-order chi connectivity index (χ0) is 15.6. The second kappa shape index (κ2) is 6.11. The van der Waals surface area contributed by atoms with Gasteiger partial charge in [-0.2, -0.15) is 0 Å². The Balaban J connectivity index is 1.63. The van der Waals surface area contributed by atoms with Crippen LogP contribution >= 0.6 is 0 Å². The molecule has 4 nitrogen and oxygen atoms in total. The van der Waals surface area contributed by atoms with Crippen molar-refractivity contribution >= 4 is 17.9 Å². The van der Waals surface area contributed by atoms with Crippen molar-refractivity contribution in [2.45, 2.75) is 32.6 Å². The van der Waals surface area contributed by atoms with Gasteiger partial charge in [0.2, 0.25) is 5.91 Å². The molecule has 2 fully saturated rings. The largest absolute Gasteiger partial charge is 0.368 e. The van der Waals surface area contributed by atoms with Gasteiger partial charge in [-0.3, -0.25) is 4.79 Å². The number of amides is 1. The second-order valence-corrected chi connectivity index (χ2v) is 6.60. The molecule has 1 saturated carbocycles. The zero-order valence-corrected chi connectivity index (χ0v) is 13.3. The van der Waals surface area contributed by atoms with E-state index in [1.54, 1.807) is 0 Å². The Bertz CT molecular complexity index is 539. The number of rotatable bonds is 3. The third-order valence-corrected chi connectivity index (χ3v) is 5.11. The molecule has 1 aliphatic carbocycles. The van der Waals surface area contributed by atoms with Crippen molar-refractivity contribution in [3.8, 4) is 0 Å². The van der Waals surface area contributed by atoms with E-state index in [0.717, 1.165) is 45.1 Å². The molecule has 118 valence electrons. The number of anilines is 1. The molecule has 1 aromatic rings. The normalized spacial score (nSPS) is 21.0. The van der Waals surface area contributed by atoms with Gasteiger partial charge in [-0.05, 0) is 31.9 Å². The molecule has 0 spiro atoms. The second-order valence-electron chi connectivity index (χ2n) is 6.60. The third-order valence-electron chi connectivity index (χ3n) is 5.11. The van der Waals surface area contributed by atoms with Crippen LogP contribution in [0.4, 0.5) is 5.69 Å². The highest BCUT2D eigenvalue weighted by molar-refractivity contribution is 5.97. The van der Waals surface area contributed by atoms with Crippen LogP contribution in [0.5, 0.6) is 0 Å². The predicted octanol–water partition coefficient (Wildman–Crippen LogP) is 2.40. The van der Waals surface area contributed by atoms with Crippen molar-refractivity contribution in [1.82, 2.24) is 4.90 Å². The standard InChI is InChI=1S/C18H24N2O2/c1-15-4-6-16(7-5-15)19-10-12-20(13-11-19)17(22)18(14-21)8-2-3-9-18/h4-7,14H,2-3,8-13H2,1H3. The summed E-state index contributed by atoms with van der Waals surface area (Å²) in [5, 5.41) is 0. The minimum atomic E-state index is -0.716. The number of piperazine rings is 1. The molecule has 1 aromatic carbocycles. The van der Waals surface area contributed by atoms with Gasteiger partial charge in [-0.15, -0.1) is 0 Å². The Kier molecular flexibility index (Phi) is 4.19. The smallest absolute Gasteiger partial charge is 0.236 e. The van der Waals surface area contributed by atoms with E-state index in [1.165, 1.54) is 11.3 Å². The molecule has 22 heavy (non-hydrogen) atoms. The molecule has 0 N–H and O–H groups in total. The fourth-order valence-corrected chi connectivity index (χ4v) is 3.63. The molecule has 1 heterocycles. The average molecular weight is 300 g/mol. The van der Waals surface area contributed by atoms with Gasteiger partial charge in [-0.1, -0.05) is 30.5 Å². The van der Waals surface area contributed by atoms with Crippen molar-refractivity contribution in [1.29, 1.82) is 0 Å². The maximum Gasteiger partial charge on any atom is 0.236 e. The summed E-state index contributed by atoms with van der Waals surface area (Å²) in [6.45, 7) is 5.18. The Hall–Kier alpha value is -1.84. The van der Waals surface area contributed by atoms with Crippen LogP contribution in [0.3, 0.4) is 0 Å². The summed E-state index contributed by atoms with van der Waals surface area (Å²) in [4.78, 5) is 28.4. The van der Waals surface area contributed by atoms with E-state index in [4.69, 9.17) is 0 Å². The number of aldehydes is 1. The molecule has 1 aliphatic heterocycles. The maximum atomic E-state index is 12.7. The Morgan fingerprint density at radius 3 is 2.18 bits per heavy atom. The van der Waals surface area contributed by atoms with E-state index in [2.05, 4.69) is 36.1 Å². The topological polar surface area (TPSA) is 40.6 Å². The van der Waals surface area contributed by atoms with Crippen LogP contribution in [-0.2, 0) is 9.59 Å². The van der Waals surface area contributed by atoms with Crippen LogP contribution in [0.2, 0.25) is 0 Å². The monoisotopic (exact) mass is 300 g/mol. The van der Waals surface area contributed by atoms with Gasteiger partial charge in [0, 0.05) is 31.9 Å². The quantitative estimate of drug-likeness (QED) is 0.636. The van der Waals surface area contributed by atoms with Gasteiger partial charge in [-0.25, -0.2) is 0 Å². The number of carbonyl (C=O) groups is 2. The van der Waals surface area contributed by atoms with E-state index >= 15 is 0 Å². The number of nitrogens with zero attached hydrogens (tertiary/aromatic N) is 2. The van der Waals surface area contributed by atoms with Crippen LogP contribution in [0.15, 0.2) is 24.3 Å². The summed E-state index contributed by atoms with van der Waals surface area (Å²) in [5.74, 6) is 0.0588. The third kappa shape index (κ3) is 2.74. The Morgan fingerprint density at radius 1 is 1.05 bits per heavy atom. The highest BCUT2D eigenvalue weighted by atomic mass is 16.2. The molecular weight excluding hydrogens is 276 g/mol. The fraction of sp³-hybridized carbons (Fsp3) is 0.556. The molecule has 4 heteroatoms. The molecule has 1 amide bonds. The average Bonchev–Trinajstić information content (AvgIpc) is 3.05. The highest BCUT2D eigenvalue weighted by Gasteiger charge is 2.43. The van der Waals surface area contributed by atoms with Crippen molar-refractivity contribution in [3.05, 3.63) is 29.8 Å². The van der Waals surface area contributed by atoms with Crippen molar-refractivity contribution < 1.29 is 9.59 Å². The van der Waals surface area contributed by atoms with E-state index in [1.807, 2.05) is 4.90 Å². The summed E-state index contributed by atoms with van der Waals surface area (Å²) in [6.07, 6.45) is 4.36. The lowest BCUT2D eigenvalue weighted by atomic mass is 9.86. The summed E-state index contributed by atoms with van der Waals surface area (Å²) in [7, 11) is 0. The van der Waals surface area contributed by atoms with Crippen LogP contribution in [0.25, 0.3) is 0 Å². The van der Waals surface area contributed by atoms with Crippen LogP contribution in [0.1, 0.15) is 31.2 Å². The molecule has 0 radical (unpaired) electrons. The number of hydrogen-bond acceptors (Lipinski definition) is 3. The number of carbonyl (C=O) groups excluding carboxylic acids is 2. The number of benzene rings is 1. The first-order valence-electron chi connectivity index (χ1n) is 8.22. The summed E-state index contributed by atoms with van der Waals surface area (Å²) in [5.41, 5.74) is 1.75. The van der Waals surface area contributed by atoms with Gasteiger partial charge in [0.15, 0.2) is 0 Å². The molecular formula is C18H24N2O2. The molecule has 0 aromatic heterocycles. The maximum absolute atomic E-state index is 12.7. The molecule has 0 bridgehead atoms. The lowest BCUT2D eigenvalue weighted by Gasteiger charge is -2.39. The lowest BCUT2D eigenvalue weighted by Crippen LogP contribution is -2.53. The summed E-state index contributed by atoms with van der Waals surface area (Å²) >= 11 is 0. The summed E-state index contributed by atoms with van der Waals surface area (Å²) in [6, 6.07) is 8.51. The first kappa shape index (κ1) is 15.1. The van der Waals surface area contributed by atoms with Crippen molar-refractivity contribution in [2.75, 3.05) is 31.1 Å². The number of hydrogen-bond donors (Lipinski definition) is 0. The predicted molar refractivity (Wildman–Crippen MR) is 86.9 cm³/mol. The van der Waals surface area contributed by atoms with Gasteiger partial charge in [0.25, 0.3) is 0 Å². The Labute approximate surface area is 132 Å². The highest BCUT2D eigenvalue weighted by Crippen LogP contribution is 2.38. The molecule has 3 rings (SSSR count).